The number of carboxylic acid groups (broad SMARTS) is 1. The standard InChI is InChI=1S/C23H18BN5O2/c24-20-21(14-7-5-13(6-8-14)9-19(30)31)28-23-17(12-27-29(23)22(20)25)16-10-15-3-1-2-4-18(15)26-11-16/h1-8,10-12H,9,24-25H2,(H,30,31). The third-order valence-corrected chi connectivity index (χ3v) is 5.41. The Hall–Kier alpha value is -4.20. The second-order valence-electron chi connectivity index (χ2n) is 7.45. The van der Waals surface area contributed by atoms with E-state index in [2.05, 4.69) is 16.1 Å². The van der Waals surface area contributed by atoms with Crippen molar-refractivity contribution in [3.05, 3.63) is 72.6 Å². The number of hydrogen-bond donors (Lipinski definition) is 2. The molecular weight excluding hydrogens is 389 g/mol. The lowest BCUT2D eigenvalue weighted by molar-refractivity contribution is -0.136. The van der Waals surface area contributed by atoms with E-state index in [0.29, 0.717) is 11.5 Å². The number of hydrogen-bond acceptors (Lipinski definition) is 5. The van der Waals surface area contributed by atoms with Crippen molar-refractivity contribution in [3.63, 3.8) is 0 Å². The third kappa shape index (κ3) is 3.28. The number of para-hydroxylation sites is 1. The molecule has 0 aliphatic heterocycles. The molecule has 0 fully saturated rings. The van der Waals surface area contributed by atoms with Crippen molar-refractivity contribution in [3.8, 4) is 22.4 Å². The summed E-state index contributed by atoms with van der Waals surface area (Å²) in [5.41, 5.74) is 12.9. The third-order valence-electron chi connectivity index (χ3n) is 5.41. The maximum Gasteiger partial charge on any atom is 0.307 e. The zero-order chi connectivity index (χ0) is 21.5. The largest absolute Gasteiger partial charge is 0.481 e. The molecule has 5 aromatic rings. The number of nitrogen functional groups attached to an aromatic ring is 1. The summed E-state index contributed by atoms with van der Waals surface area (Å²) in [5, 5.41) is 14.5. The lowest BCUT2D eigenvalue weighted by Gasteiger charge is -2.11. The summed E-state index contributed by atoms with van der Waals surface area (Å²) in [4.78, 5) is 20.4. The van der Waals surface area contributed by atoms with Gasteiger partial charge >= 0.3 is 5.97 Å². The van der Waals surface area contributed by atoms with Crippen LogP contribution in [0.15, 0.2) is 67.0 Å². The molecule has 8 heteroatoms. The average molecular weight is 407 g/mol. The molecule has 2 aromatic carbocycles. The molecular formula is C23H18BN5O2. The number of nitrogens with zero attached hydrogens (tertiary/aromatic N) is 4. The Labute approximate surface area is 178 Å². The number of nitrogens with two attached hydrogens (primary N) is 1. The molecule has 3 aromatic heterocycles. The highest BCUT2D eigenvalue weighted by Crippen LogP contribution is 2.28. The van der Waals surface area contributed by atoms with Crippen LogP contribution in [-0.2, 0) is 11.2 Å². The minimum absolute atomic E-state index is 0.0183. The van der Waals surface area contributed by atoms with Crippen molar-refractivity contribution in [1.82, 2.24) is 19.6 Å². The molecule has 0 radical (unpaired) electrons. The van der Waals surface area contributed by atoms with E-state index in [0.717, 1.165) is 44.3 Å². The van der Waals surface area contributed by atoms with Gasteiger partial charge in [0.1, 0.15) is 13.7 Å². The van der Waals surface area contributed by atoms with Crippen LogP contribution in [0.2, 0.25) is 0 Å². The summed E-state index contributed by atoms with van der Waals surface area (Å²) in [6.07, 6.45) is 3.55. The molecule has 0 amide bonds. The summed E-state index contributed by atoms with van der Waals surface area (Å²) >= 11 is 0. The van der Waals surface area contributed by atoms with Crippen molar-refractivity contribution in [2.45, 2.75) is 6.42 Å². The summed E-state index contributed by atoms with van der Waals surface area (Å²) < 4.78 is 1.64. The van der Waals surface area contributed by atoms with E-state index in [4.69, 9.17) is 15.8 Å². The molecule has 0 aliphatic rings. The van der Waals surface area contributed by atoms with E-state index >= 15 is 0 Å². The van der Waals surface area contributed by atoms with Crippen LogP contribution in [0.25, 0.3) is 38.9 Å². The van der Waals surface area contributed by atoms with Gasteiger partial charge in [0.15, 0.2) is 5.65 Å². The Morgan fingerprint density at radius 2 is 1.84 bits per heavy atom. The highest BCUT2D eigenvalue weighted by Gasteiger charge is 2.17. The first-order chi connectivity index (χ1) is 15.0. The van der Waals surface area contributed by atoms with Gasteiger partial charge in [0, 0.05) is 22.7 Å². The number of rotatable bonds is 4. The normalized spacial score (nSPS) is 11.2. The molecule has 0 unspecified atom stereocenters. The van der Waals surface area contributed by atoms with Gasteiger partial charge in [-0.25, -0.2) is 4.98 Å². The first kappa shape index (κ1) is 18.8. The molecule has 150 valence electrons. The van der Waals surface area contributed by atoms with Crippen molar-refractivity contribution >= 4 is 41.6 Å². The maximum atomic E-state index is 10.9. The molecule has 0 aliphatic carbocycles. The Balaban J connectivity index is 1.65. The lowest BCUT2D eigenvalue weighted by Crippen LogP contribution is -2.20. The molecule has 0 spiro atoms. The van der Waals surface area contributed by atoms with Gasteiger partial charge in [0.25, 0.3) is 0 Å². The fourth-order valence-corrected chi connectivity index (χ4v) is 3.75. The van der Waals surface area contributed by atoms with Crippen LogP contribution in [0.5, 0.6) is 0 Å². The van der Waals surface area contributed by atoms with Gasteiger partial charge in [0.2, 0.25) is 0 Å². The number of aliphatic carboxylic acids is 1. The van der Waals surface area contributed by atoms with Gasteiger partial charge in [-0.05, 0) is 28.7 Å². The molecule has 7 nitrogen and oxygen atoms in total. The summed E-state index contributed by atoms with van der Waals surface area (Å²) in [7, 11) is 1.90. The van der Waals surface area contributed by atoms with Crippen molar-refractivity contribution in [1.29, 1.82) is 0 Å². The Morgan fingerprint density at radius 3 is 2.61 bits per heavy atom. The van der Waals surface area contributed by atoms with Crippen molar-refractivity contribution < 1.29 is 9.90 Å². The topological polar surface area (TPSA) is 106 Å². The monoisotopic (exact) mass is 407 g/mol. The lowest BCUT2D eigenvalue weighted by atomic mass is 9.90. The van der Waals surface area contributed by atoms with E-state index in [1.165, 1.54) is 0 Å². The Morgan fingerprint density at radius 1 is 1.06 bits per heavy atom. The maximum absolute atomic E-state index is 10.9. The smallest absolute Gasteiger partial charge is 0.307 e. The highest BCUT2D eigenvalue weighted by atomic mass is 16.4. The number of carboxylic acids is 1. The van der Waals surface area contributed by atoms with Crippen LogP contribution in [0.1, 0.15) is 5.56 Å². The average Bonchev–Trinajstić information content (AvgIpc) is 3.20. The fourth-order valence-electron chi connectivity index (χ4n) is 3.75. The minimum atomic E-state index is -0.861. The quantitative estimate of drug-likeness (QED) is 0.442. The molecule has 3 heterocycles. The zero-order valence-corrected chi connectivity index (χ0v) is 16.8. The predicted molar refractivity (Wildman–Crippen MR) is 123 cm³/mol. The molecule has 0 bridgehead atoms. The van der Waals surface area contributed by atoms with Crippen LogP contribution in [-0.4, -0.2) is 38.5 Å². The molecule has 5 rings (SSSR count). The van der Waals surface area contributed by atoms with E-state index in [-0.39, 0.29) is 6.42 Å². The Kier molecular flexibility index (Phi) is 4.40. The van der Waals surface area contributed by atoms with Crippen LogP contribution in [0, 0.1) is 0 Å². The van der Waals surface area contributed by atoms with Gasteiger partial charge in [-0.3, -0.25) is 9.78 Å². The summed E-state index contributed by atoms with van der Waals surface area (Å²) in [5.74, 6) is -0.352. The van der Waals surface area contributed by atoms with Gasteiger partial charge in [-0.2, -0.15) is 9.61 Å². The van der Waals surface area contributed by atoms with E-state index < -0.39 is 5.97 Å². The van der Waals surface area contributed by atoms with E-state index in [1.54, 1.807) is 22.8 Å². The van der Waals surface area contributed by atoms with Gasteiger partial charge in [-0.1, -0.05) is 42.5 Å². The van der Waals surface area contributed by atoms with Gasteiger partial charge < -0.3 is 10.8 Å². The van der Waals surface area contributed by atoms with Crippen LogP contribution >= 0.6 is 0 Å². The zero-order valence-electron chi connectivity index (χ0n) is 16.8. The predicted octanol–water partition coefficient (Wildman–Crippen LogP) is 2.08. The first-order valence-electron chi connectivity index (χ1n) is 9.81. The van der Waals surface area contributed by atoms with E-state index in [1.807, 2.05) is 50.4 Å². The SMILES string of the molecule is Bc1c(-c2ccc(CC(=O)O)cc2)nc2c(-c3cnc4ccccc4c3)cnn2c1N. The number of aromatic nitrogens is 4. The second kappa shape index (κ2) is 7.25. The second-order valence-corrected chi connectivity index (χ2v) is 7.45. The number of carbonyl (C=O) groups is 1. The summed E-state index contributed by atoms with van der Waals surface area (Å²) in [6.45, 7) is 0. The van der Waals surface area contributed by atoms with Crippen molar-refractivity contribution in [2.24, 2.45) is 0 Å². The van der Waals surface area contributed by atoms with Crippen molar-refractivity contribution in [2.75, 3.05) is 5.73 Å². The first-order valence-corrected chi connectivity index (χ1v) is 9.81. The molecule has 0 atom stereocenters. The van der Waals surface area contributed by atoms with Gasteiger partial charge in [0.05, 0.1) is 23.8 Å². The van der Waals surface area contributed by atoms with E-state index in [9.17, 15) is 4.79 Å². The number of anilines is 1. The highest BCUT2D eigenvalue weighted by molar-refractivity contribution is 6.38. The minimum Gasteiger partial charge on any atom is -0.481 e. The van der Waals surface area contributed by atoms with Gasteiger partial charge in [-0.15, -0.1) is 0 Å². The number of benzene rings is 2. The van der Waals surface area contributed by atoms with Crippen LogP contribution in [0.4, 0.5) is 5.82 Å². The molecule has 0 saturated carbocycles. The molecule has 3 N–H and O–H groups in total. The fraction of sp³-hybridized carbons (Fsp3) is 0.0435. The molecule has 0 saturated heterocycles. The summed E-state index contributed by atoms with van der Waals surface area (Å²) in [6, 6.07) is 17.4. The Bertz CT molecular complexity index is 1460. The number of fused-ring (bicyclic) bond motifs is 2. The van der Waals surface area contributed by atoms with Crippen LogP contribution < -0.4 is 11.2 Å². The van der Waals surface area contributed by atoms with Crippen LogP contribution in [0.3, 0.4) is 0 Å². The molecule has 31 heavy (non-hydrogen) atoms. The number of pyridine rings is 1.